The van der Waals surface area contributed by atoms with E-state index in [1.54, 1.807) is 6.20 Å². The zero-order chi connectivity index (χ0) is 12.8. The molecule has 1 aromatic heterocycles. The third kappa shape index (κ3) is 3.17. The van der Waals surface area contributed by atoms with Crippen molar-refractivity contribution in [3.63, 3.8) is 0 Å². The van der Waals surface area contributed by atoms with Crippen LogP contribution in [-0.4, -0.2) is 10.9 Å². The Hall–Kier alpha value is -2.16. The van der Waals surface area contributed by atoms with Crippen LogP contribution in [0.3, 0.4) is 0 Å². The van der Waals surface area contributed by atoms with E-state index < -0.39 is 0 Å². The van der Waals surface area contributed by atoms with Gasteiger partial charge in [0.05, 0.1) is 6.42 Å². The second-order valence-corrected chi connectivity index (χ2v) is 4.06. The van der Waals surface area contributed by atoms with E-state index in [1.807, 2.05) is 42.5 Å². The van der Waals surface area contributed by atoms with E-state index in [2.05, 4.69) is 17.2 Å². The first-order valence-corrected chi connectivity index (χ1v) is 6.07. The molecule has 2 rings (SSSR count). The maximum atomic E-state index is 11.9. The molecule has 3 heteroatoms. The maximum Gasteiger partial charge on any atom is 0.230 e. The number of hydrogen-bond donors (Lipinski definition) is 1. The van der Waals surface area contributed by atoms with Crippen LogP contribution in [0.25, 0.3) is 0 Å². The summed E-state index contributed by atoms with van der Waals surface area (Å²) in [5.41, 5.74) is 2.82. The summed E-state index contributed by atoms with van der Waals surface area (Å²) >= 11 is 0. The molecule has 92 valence electrons. The second-order valence-electron chi connectivity index (χ2n) is 4.06. The van der Waals surface area contributed by atoms with Gasteiger partial charge in [0.25, 0.3) is 0 Å². The fraction of sp³-hybridized carbons (Fsp3) is 0.200. The van der Waals surface area contributed by atoms with Crippen LogP contribution in [0.2, 0.25) is 0 Å². The molecule has 1 aromatic carbocycles. The number of anilines is 1. The van der Waals surface area contributed by atoms with Gasteiger partial charge in [0.15, 0.2) is 0 Å². The van der Waals surface area contributed by atoms with Crippen LogP contribution < -0.4 is 5.32 Å². The van der Waals surface area contributed by atoms with E-state index >= 15 is 0 Å². The first-order valence-electron chi connectivity index (χ1n) is 6.07. The largest absolute Gasteiger partial charge is 0.325 e. The van der Waals surface area contributed by atoms with E-state index in [0.717, 1.165) is 23.4 Å². The number of rotatable bonds is 4. The van der Waals surface area contributed by atoms with Crippen molar-refractivity contribution >= 4 is 11.6 Å². The maximum absolute atomic E-state index is 11.9. The van der Waals surface area contributed by atoms with Crippen LogP contribution >= 0.6 is 0 Å². The molecule has 0 atom stereocenters. The van der Waals surface area contributed by atoms with Crippen molar-refractivity contribution in [2.45, 2.75) is 19.8 Å². The fourth-order valence-electron chi connectivity index (χ4n) is 1.81. The number of para-hydroxylation sites is 1. The van der Waals surface area contributed by atoms with Gasteiger partial charge in [0, 0.05) is 17.6 Å². The Balaban J connectivity index is 2.03. The molecule has 0 aliphatic carbocycles. The van der Waals surface area contributed by atoms with Gasteiger partial charge in [0.1, 0.15) is 0 Å². The van der Waals surface area contributed by atoms with Crippen molar-refractivity contribution in [3.8, 4) is 0 Å². The molecule has 1 N–H and O–H groups in total. The van der Waals surface area contributed by atoms with Crippen molar-refractivity contribution in [2.24, 2.45) is 0 Å². The van der Waals surface area contributed by atoms with E-state index in [0.29, 0.717) is 6.42 Å². The van der Waals surface area contributed by atoms with Crippen molar-refractivity contribution in [3.05, 3.63) is 59.9 Å². The van der Waals surface area contributed by atoms with E-state index in [1.165, 1.54) is 0 Å². The average Bonchev–Trinajstić information content (AvgIpc) is 2.40. The third-order valence-electron chi connectivity index (χ3n) is 2.74. The van der Waals surface area contributed by atoms with Crippen LogP contribution in [-0.2, 0) is 17.6 Å². The molecule has 1 heterocycles. The molecule has 0 unspecified atom stereocenters. The van der Waals surface area contributed by atoms with Gasteiger partial charge in [-0.1, -0.05) is 31.2 Å². The SMILES string of the molecule is CCc1ccccc1NC(=O)Cc1ccccn1. The van der Waals surface area contributed by atoms with Gasteiger partial charge in [0.2, 0.25) is 5.91 Å². The number of pyridine rings is 1. The van der Waals surface area contributed by atoms with Gasteiger partial charge in [-0.25, -0.2) is 0 Å². The molecule has 0 bridgehead atoms. The highest BCUT2D eigenvalue weighted by Crippen LogP contribution is 2.15. The van der Waals surface area contributed by atoms with Gasteiger partial charge in [-0.2, -0.15) is 0 Å². The number of benzene rings is 1. The molecule has 3 nitrogen and oxygen atoms in total. The van der Waals surface area contributed by atoms with Gasteiger partial charge in [-0.15, -0.1) is 0 Å². The lowest BCUT2D eigenvalue weighted by Crippen LogP contribution is -2.16. The summed E-state index contributed by atoms with van der Waals surface area (Å²) in [4.78, 5) is 16.0. The standard InChI is InChI=1S/C15H16N2O/c1-2-12-7-3-4-9-14(12)17-15(18)11-13-8-5-6-10-16-13/h3-10H,2,11H2,1H3,(H,17,18). The van der Waals surface area contributed by atoms with Crippen molar-refractivity contribution < 1.29 is 4.79 Å². The molecule has 0 fully saturated rings. The molecule has 0 radical (unpaired) electrons. The lowest BCUT2D eigenvalue weighted by Gasteiger charge is -2.09. The highest BCUT2D eigenvalue weighted by molar-refractivity contribution is 5.92. The van der Waals surface area contributed by atoms with E-state index in [-0.39, 0.29) is 5.91 Å². The summed E-state index contributed by atoms with van der Waals surface area (Å²) in [6.07, 6.45) is 2.90. The molecule has 0 aliphatic rings. The monoisotopic (exact) mass is 240 g/mol. The highest BCUT2D eigenvalue weighted by Gasteiger charge is 2.06. The van der Waals surface area contributed by atoms with Gasteiger partial charge in [-0.05, 0) is 30.2 Å². The Labute approximate surface area is 107 Å². The second kappa shape index (κ2) is 5.96. The minimum Gasteiger partial charge on any atom is -0.325 e. The third-order valence-corrected chi connectivity index (χ3v) is 2.74. The Morgan fingerprint density at radius 2 is 1.94 bits per heavy atom. The zero-order valence-corrected chi connectivity index (χ0v) is 10.4. The van der Waals surface area contributed by atoms with Gasteiger partial charge < -0.3 is 5.32 Å². The molecular weight excluding hydrogens is 224 g/mol. The summed E-state index contributed by atoms with van der Waals surface area (Å²) in [6, 6.07) is 13.4. The van der Waals surface area contributed by atoms with Crippen molar-refractivity contribution in [2.75, 3.05) is 5.32 Å². The van der Waals surface area contributed by atoms with Gasteiger partial charge in [-0.3, -0.25) is 9.78 Å². The number of carbonyl (C=O) groups excluding carboxylic acids is 1. The molecule has 2 aromatic rings. The Bertz CT molecular complexity index is 523. The number of aryl methyl sites for hydroxylation is 1. The summed E-state index contributed by atoms with van der Waals surface area (Å²) < 4.78 is 0. The molecular formula is C15H16N2O. The van der Waals surface area contributed by atoms with Crippen LogP contribution in [0.1, 0.15) is 18.2 Å². The lowest BCUT2D eigenvalue weighted by atomic mass is 10.1. The highest BCUT2D eigenvalue weighted by atomic mass is 16.1. The van der Waals surface area contributed by atoms with Crippen molar-refractivity contribution in [1.29, 1.82) is 0 Å². The topological polar surface area (TPSA) is 42.0 Å². The Kier molecular flexibility index (Phi) is 4.07. The molecule has 0 saturated carbocycles. The quantitative estimate of drug-likeness (QED) is 0.892. The number of amides is 1. The van der Waals surface area contributed by atoms with E-state index in [4.69, 9.17) is 0 Å². The van der Waals surface area contributed by atoms with E-state index in [9.17, 15) is 4.79 Å². The van der Waals surface area contributed by atoms with Gasteiger partial charge >= 0.3 is 0 Å². The summed E-state index contributed by atoms with van der Waals surface area (Å²) in [7, 11) is 0. The normalized spacial score (nSPS) is 10.1. The average molecular weight is 240 g/mol. The summed E-state index contributed by atoms with van der Waals surface area (Å²) in [5.74, 6) is -0.0328. The molecule has 18 heavy (non-hydrogen) atoms. The Morgan fingerprint density at radius 3 is 2.67 bits per heavy atom. The molecule has 0 saturated heterocycles. The number of hydrogen-bond acceptors (Lipinski definition) is 2. The minimum absolute atomic E-state index is 0.0328. The summed E-state index contributed by atoms with van der Waals surface area (Å²) in [5, 5.41) is 2.93. The van der Waals surface area contributed by atoms with Crippen LogP contribution in [0.15, 0.2) is 48.7 Å². The van der Waals surface area contributed by atoms with Crippen LogP contribution in [0.5, 0.6) is 0 Å². The minimum atomic E-state index is -0.0328. The number of nitrogens with zero attached hydrogens (tertiary/aromatic N) is 1. The first-order chi connectivity index (χ1) is 8.79. The van der Waals surface area contributed by atoms with Crippen LogP contribution in [0.4, 0.5) is 5.69 Å². The predicted molar refractivity (Wildman–Crippen MR) is 72.4 cm³/mol. The Morgan fingerprint density at radius 1 is 1.17 bits per heavy atom. The molecule has 0 spiro atoms. The molecule has 1 amide bonds. The number of carbonyl (C=O) groups is 1. The summed E-state index contributed by atoms with van der Waals surface area (Å²) in [6.45, 7) is 2.07. The predicted octanol–water partition coefficient (Wildman–Crippen LogP) is 2.83. The first kappa shape index (κ1) is 12.3. The number of aromatic nitrogens is 1. The van der Waals surface area contributed by atoms with Crippen molar-refractivity contribution in [1.82, 2.24) is 4.98 Å². The van der Waals surface area contributed by atoms with Crippen LogP contribution in [0, 0.1) is 0 Å². The zero-order valence-electron chi connectivity index (χ0n) is 10.4. The molecule has 0 aliphatic heterocycles. The smallest absolute Gasteiger partial charge is 0.230 e. The lowest BCUT2D eigenvalue weighted by molar-refractivity contribution is -0.115. The fourth-order valence-corrected chi connectivity index (χ4v) is 1.81. The number of nitrogens with one attached hydrogen (secondary N) is 1.